The molecule has 1 N–H and O–H groups in total. The molecule has 4 nitrogen and oxygen atoms in total. The summed E-state index contributed by atoms with van der Waals surface area (Å²) in [4.78, 5) is 14.2. The average Bonchev–Trinajstić information content (AvgIpc) is 2.52. The maximum atomic E-state index is 12.0. The van der Waals surface area contributed by atoms with E-state index < -0.39 is 0 Å². The average molecular weight is 332 g/mol. The minimum Gasteiger partial charge on any atom is -0.508 e. The molecule has 0 saturated heterocycles. The summed E-state index contributed by atoms with van der Waals surface area (Å²) >= 11 is 6.25. The standard InChI is InChI=1S/C18H18ClNO3/c1-11-7-12-10-20(17-4-3-13(21)9-16(17)19)6-5-14(12)15(8-11)18(22)23-2/h3-4,7-9,21H,5-6,10H2,1-2H3. The first kappa shape index (κ1) is 15.7. The number of hydrogen-bond donors (Lipinski definition) is 1. The van der Waals surface area contributed by atoms with Gasteiger partial charge in [0.15, 0.2) is 0 Å². The lowest BCUT2D eigenvalue weighted by atomic mass is 9.92. The van der Waals surface area contributed by atoms with Crippen molar-refractivity contribution in [1.29, 1.82) is 0 Å². The van der Waals surface area contributed by atoms with E-state index in [1.54, 1.807) is 12.1 Å². The number of hydrogen-bond acceptors (Lipinski definition) is 4. The van der Waals surface area contributed by atoms with Crippen molar-refractivity contribution < 1.29 is 14.6 Å². The number of esters is 1. The van der Waals surface area contributed by atoms with Crippen LogP contribution < -0.4 is 4.90 Å². The van der Waals surface area contributed by atoms with Crippen LogP contribution in [0.3, 0.4) is 0 Å². The van der Waals surface area contributed by atoms with Crippen LogP contribution in [0.4, 0.5) is 5.69 Å². The second-order valence-electron chi connectivity index (χ2n) is 5.75. The summed E-state index contributed by atoms with van der Waals surface area (Å²) in [6.07, 6.45) is 0.747. The zero-order valence-corrected chi connectivity index (χ0v) is 13.9. The number of anilines is 1. The predicted molar refractivity (Wildman–Crippen MR) is 90.4 cm³/mol. The van der Waals surface area contributed by atoms with E-state index in [9.17, 15) is 9.90 Å². The summed E-state index contributed by atoms with van der Waals surface area (Å²) < 4.78 is 4.90. The van der Waals surface area contributed by atoms with E-state index in [0.717, 1.165) is 35.3 Å². The number of phenolic OH excluding ortho intramolecular Hbond substituents is 1. The third-order valence-corrected chi connectivity index (χ3v) is 4.46. The Bertz CT molecular complexity index is 773. The molecule has 2 aromatic carbocycles. The van der Waals surface area contributed by atoms with Crippen molar-refractivity contribution in [2.45, 2.75) is 19.9 Å². The normalized spacial score (nSPS) is 13.6. The minimum atomic E-state index is -0.291. The molecule has 0 spiro atoms. The number of rotatable bonds is 2. The fourth-order valence-electron chi connectivity index (χ4n) is 3.11. The molecule has 1 aliphatic rings. The number of aromatic hydroxyl groups is 1. The second kappa shape index (κ2) is 6.13. The van der Waals surface area contributed by atoms with Crippen LogP contribution in [0, 0.1) is 6.92 Å². The second-order valence-corrected chi connectivity index (χ2v) is 6.16. The van der Waals surface area contributed by atoms with Gasteiger partial charge in [0.2, 0.25) is 0 Å². The van der Waals surface area contributed by atoms with E-state index in [-0.39, 0.29) is 11.7 Å². The molecule has 0 unspecified atom stereocenters. The third-order valence-electron chi connectivity index (χ3n) is 4.16. The number of benzene rings is 2. The van der Waals surface area contributed by atoms with Crippen molar-refractivity contribution in [3.05, 3.63) is 57.6 Å². The summed E-state index contributed by atoms with van der Waals surface area (Å²) in [6, 6.07) is 8.98. The zero-order valence-electron chi connectivity index (χ0n) is 13.1. The van der Waals surface area contributed by atoms with Crippen molar-refractivity contribution in [1.82, 2.24) is 0 Å². The molecule has 0 amide bonds. The largest absolute Gasteiger partial charge is 0.508 e. The van der Waals surface area contributed by atoms with Gasteiger partial charge in [-0.3, -0.25) is 0 Å². The Labute approximate surface area is 140 Å². The van der Waals surface area contributed by atoms with Crippen LogP contribution in [0.5, 0.6) is 5.75 Å². The van der Waals surface area contributed by atoms with Crippen LogP contribution in [0.2, 0.25) is 5.02 Å². The molecule has 2 aromatic rings. The summed E-state index contributed by atoms with van der Waals surface area (Å²) in [7, 11) is 1.41. The molecule has 0 radical (unpaired) electrons. The molecule has 0 fully saturated rings. The van der Waals surface area contributed by atoms with Crippen LogP contribution >= 0.6 is 11.6 Å². The van der Waals surface area contributed by atoms with Gasteiger partial charge in [-0.15, -0.1) is 0 Å². The van der Waals surface area contributed by atoms with Crippen molar-refractivity contribution >= 4 is 23.3 Å². The maximum absolute atomic E-state index is 12.0. The van der Waals surface area contributed by atoms with Gasteiger partial charge in [0.25, 0.3) is 0 Å². The Balaban J connectivity index is 1.98. The molecule has 0 atom stereocenters. The van der Waals surface area contributed by atoms with Crippen molar-refractivity contribution in [3.63, 3.8) is 0 Å². The lowest BCUT2D eigenvalue weighted by molar-refractivity contribution is 0.0599. The Morgan fingerprint density at radius 1 is 1.30 bits per heavy atom. The highest BCUT2D eigenvalue weighted by atomic mass is 35.5. The van der Waals surface area contributed by atoms with E-state index in [2.05, 4.69) is 11.0 Å². The number of carbonyl (C=O) groups excluding carboxylic acids is 1. The molecule has 0 aromatic heterocycles. The third kappa shape index (κ3) is 2.99. The van der Waals surface area contributed by atoms with E-state index >= 15 is 0 Å². The van der Waals surface area contributed by atoms with Gasteiger partial charge >= 0.3 is 5.97 Å². The zero-order chi connectivity index (χ0) is 16.6. The first-order chi connectivity index (χ1) is 11.0. The molecule has 0 bridgehead atoms. The lowest BCUT2D eigenvalue weighted by Gasteiger charge is -2.32. The predicted octanol–water partition coefficient (Wildman–Crippen LogP) is 3.70. The molecule has 3 rings (SSSR count). The number of fused-ring (bicyclic) bond motifs is 1. The number of phenols is 1. The molecule has 120 valence electrons. The molecule has 1 aliphatic heterocycles. The lowest BCUT2D eigenvalue weighted by Crippen LogP contribution is -2.31. The van der Waals surface area contributed by atoms with E-state index in [0.29, 0.717) is 17.1 Å². The molecular formula is C18H18ClNO3. The van der Waals surface area contributed by atoms with Gasteiger partial charge in [0, 0.05) is 19.2 Å². The van der Waals surface area contributed by atoms with Gasteiger partial charge < -0.3 is 14.7 Å². The molecule has 1 heterocycles. The highest BCUT2D eigenvalue weighted by molar-refractivity contribution is 6.33. The molecule has 0 aliphatic carbocycles. The van der Waals surface area contributed by atoms with Crippen molar-refractivity contribution in [2.24, 2.45) is 0 Å². The topological polar surface area (TPSA) is 49.8 Å². The van der Waals surface area contributed by atoms with Crippen LogP contribution in [0.1, 0.15) is 27.0 Å². The Morgan fingerprint density at radius 2 is 2.09 bits per heavy atom. The summed E-state index contributed by atoms with van der Waals surface area (Å²) in [5.74, 6) is -0.138. The minimum absolute atomic E-state index is 0.153. The monoisotopic (exact) mass is 331 g/mol. The Hall–Kier alpha value is -2.20. The van der Waals surface area contributed by atoms with Crippen LogP contribution in [0.25, 0.3) is 0 Å². The van der Waals surface area contributed by atoms with Crippen LogP contribution in [-0.4, -0.2) is 24.7 Å². The van der Waals surface area contributed by atoms with Gasteiger partial charge in [-0.2, -0.15) is 0 Å². The number of halogens is 1. The first-order valence-electron chi connectivity index (χ1n) is 7.43. The van der Waals surface area contributed by atoms with Gasteiger partial charge in [-0.1, -0.05) is 17.7 Å². The number of aryl methyl sites for hydroxylation is 1. The summed E-state index contributed by atoms with van der Waals surface area (Å²) in [5, 5.41) is 10.0. The van der Waals surface area contributed by atoms with E-state index in [1.165, 1.54) is 7.11 Å². The molecule has 23 heavy (non-hydrogen) atoms. The number of ether oxygens (including phenoxy) is 1. The Kier molecular flexibility index (Phi) is 4.18. The molecule has 5 heteroatoms. The number of methoxy groups -OCH3 is 1. The summed E-state index contributed by atoms with van der Waals surface area (Å²) in [5.41, 5.74) is 4.73. The van der Waals surface area contributed by atoms with Gasteiger partial charge in [-0.05, 0) is 48.2 Å². The van der Waals surface area contributed by atoms with E-state index in [4.69, 9.17) is 16.3 Å². The van der Waals surface area contributed by atoms with E-state index in [1.807, 2.05) is 19.1 Å². The number of carbonyl (C=O) groups is 1. The van der Waals surface area contributed by atoms with Crippen molar-refractivity contribution in [3.8, 4) is 5.75 Å². The van der Waals surface area contributed by atoms with Gasteiger partial charge in [0.1, 0.15) is 5.75 Å². The fraction of sp³-hybridized carbons (Fsp3) is 0.278. The van der Waals surface area contributed by atoms with Gasteiger partial charge in [-0.25, -0.2) is 4.79 Å². The fourth-order valence-corrected chi connectivity index (χ4v) is 3.40. The van der Waals surface area contributed by atoms with Crippen LogP contribution in [0.15, 0.2) is 30.3 Å². The highest BCUT2D eigenvalue weighted by Crippen LogP contribution is 2.34. The summed E-state index contributed by atoms with van der Waals surface area (Å²) in [6.45, 7) is 3.40. The maximum Gasteiger partial charge on any atom is 0.338 e. The Morgan fingerprint density at radius 3 is 2.78 bits per heavy atom. The SMILES string of the molecule is COC(=O)c1cc(C)cc2c1CCN(c1ccc(O)cc1Cl)C2. The molecular weight excluding hydrogens is 314 g/mol. The van der Waals surface area contributed by atoms with Gasteiger partial charge in [0.05, 0.1) is 23.4 Å². The van der Waals surface area contributed by atoms with Crippen LogP contribution in [-0.2, 0) is 17.7 Å². The first-order valence-corrected chi connectivity index (χ1v) is 7.81. The van der Waals surface area contributed by atoms with Crippen molar-refractivity contribution in [2.75, 3.05) is 18.6 Å². The highest BCUT2D eigenvalue weighted by Gasteiger charge is 2.24. The quantitative estimate of drug-likeness (QED) is 0.852. The number of nitrogens with zero attached hydrogens (tertiary/aromatic N) is 1. The molecule has 0 saturated carbocycles. The smallest absolute Gasteiger partial charge is 0.338 e.